The molecule has 1 aromatic carbocycles. The molecule has 156 valence electrons. The molecule has 1 saturated heterocycles. The first-order valence-electron chi connectivity index (χ1n) is 10.4. The van der Waals surface area contributed by atoms with Gasteiger partial charge in [0.1, 0.15) is 5.82 Å². The average molecular weight is 405 g/mol. The van der Waals surface area contributed by atoms with Crippen LogP contribution in [-0.4, -0.2) is 39.9 Å². The van der Waals surface area contributed by atoms with Gasteiger partial charge in [-0.05, 0) is 62.6 Å². The Morgan fingerprint density at radius 1 is 1.10 bits per heavy atom. The Balaban J connectivity index is 1.29. The number of hydrogen-bond donors (Lipinski definition) is 2. The monoisotopic (exact) mass is 404 g/mol. The Morgan fingerprint density at radius 2 is 1.93 bits per heavy atom. The number of nitrogens with zero attached hydrogens (tertiary/aromatic N) is 4. The highest BCUT2D eigenvalue weighted by atomic mass is 16.2. The lowest BCUT2D eigenvalue weighted by molar-refractivity contribution is 0.246. The van der Waals surface area contributed by atoms with Gasteiger partial charge in [-0.2, -0.15) is 5.10 Å². The van der Waals surface area contributed by atoms with Crippen molar-refractivity contribution in [2.45, 2.75) is 39.3 Å². The highest BCUT2D eigenvalue weighted by Gasteiger charge is 2.21. The summed E-state index contributed by atoms with van der Waals surface area (Å²) >= 11 is 0. The number of urea groups is 1. The molecule has 2 amide bonds. The van der Waals surface area contributed by atoms with Crippen LogP contribution in [0.15, 0.2) is 54.7 Å². The third-order valence-corrected chi connectivity index (χ3v) is 5.42. The summed E-state index contributed by atoms with van der Waals surface area (Å²) in [4.78, 5) is 19.2. The molecule has 0 unspecified atom stereocenters. The molecule has 0 atom stereocenters. The number of carbonyl (C=O) groups excluding carboxylic acids is 1. The molecule has 1 aliphatic rings. The van der Waals surface area contributed by atoms with E-state index in [4.69, 9.17) is 0 Å². The van der Waals surface area contributed by atoms with Crippen LogP contribution in [0.5, 0.6) is 0 Å². The van der Waals surface area contributed by atoms with Gasteiger partial charge in [0, 0.05) is 36.7 Å². The molecular weight excluding hydrogens is 376 g/mol. The molecule has 3 heterocycles. The van der Waals surface area contributed by atoms with Gasteiger partial charge < -0.3 is 15.5 Å². The maximum atomic E-state index is 12.5. The van der Waals surface area contributed by atoms with Crippen LogP contribution >= 0.6 is 0 Å². The lowest BCUT2D eigenvalue weighted by Gasteiger charge is -2.33. The van der Waals surface area contributed by atoms with Crippen molar-refractivity contribution in [1.82, 2.24) is 20.1 Å². The zero-order valence-corrected chi connectivity index (χ0v) is 17.5. The van der Waals surface area contributed by atoms with Gasteiger partial charge in [-0.15, -0.1) is 0 Å². The number of amides is 2. The van der Waals surface area contributed by atoms with Crippen molar-refractivity contribution in [3.05, 3.63) is 71.7 Å². The average Bonchev–Trinajstić information content (AvgIpc) is 3.06. The number of piperidine rings is 1. The minimum atomic E-state index is -0.158. The van der Waals surface area contributed by atoms with E-state index in [-0.39, 0.29) is 12.1 Å². The first-order valence-corrected chi connectivity index (χ1v) is 10.4. The normalized spacial score (nSPS) is 14.5. The van der Waals surface area contributed by atoms with E-state index in [1.165, 1.54) is 0 Å². The van der Waals surface area contributed by atoms with Crippen LogP contribution in [0.3, 0.4) is 0 Å². The van der Waals surface area contributed by atoms with Crippen LogP contribution in [-0.2, 0) is 6.54 Å². The first kappa shape index (κ1) is 19.9. The van der Waals surface area contributed by atoms with E-state index in [9.17, 15) is 4.79 Å². The van der Waals surface area contributed by atoms with E-state index in [1.807, 2.05) is 60.3 Å². The molecule has 0 aliphatic carbocycles. The summed E-state index contributed by atoms with van der Waals surface area (Å²) in [5, 5.41) is 10.6. The van der Waals surface area contributed by atoms with Crippen molar-refractivity contribution in [2.75, 3.05) is 23.3 Å². The molecule has 0 spiro atoms. The standard InChI is InChI=1S/C23H28N6O/c1-17-14-18(2)29(27-17)16-19-6-5-7-21(15-19)26-23(30)25-20-9-12-28(13-10-20)22-8-3-4-11-24-22/h3-8,11,14-15,20H,9-10,12-13,16H2,1-2H3,(H2,25,26,30). The molecule has 30 heavy (non-hydrogen) atoms. The largest absolute Gasteiger partial charge is 0.356 e. The number of pyridine rings is 1. The number of benzene rings is 1. The van der Waals surface area contributed by atoms with Crippen molar-refractivity contribution in [1.29, 1.82) is 0 Å². The Morgan fingerprint density at radius 3 is 2.63 bits per heavy atom. The smallest absolute Gasteiger partial charge is 0.319 e. The maximum absolute atomic E-state index is 12.5. The van der Waals surface area contributed by atoms with E-state index in [0.29, 0.717) is 6.54 Å². The Kier molecular flexibility index (Phi) is 5.97. The van der Waals surface area contributed by atoms with Gasteiger partial charge in [-0.3, -0.25) is 4.68 Å². The Bertz CT molecular complexity index is 992. The second-order valence-electron chi connectivity index (χ2n) is 7.83. The second kappa shape index (κ2) is 8.98. The van der Waals surface area contributed by atoms with Gasteiger partial charge in [0.05, 0.1) is 12.2 Å². The molecule has 7 nitrogen and oxygen atoms in total. The second-order valence-corrected chi connectivity index (χ2v) is 7.83. The first-order chi connectivity index (χ1) is 14.6. The van der Waals surface area contributed by atoms with Crippen LogP contribution < -0.4 is 15.5 Å². The predicted octanol–water partition coefficient (Wildman–Crippen LogP) is 3.73. The van der Waals surface area contributed by atoms with E-state index in [2.05, 4.69) is 38.6 Å². The van der Waals surface area contributed by atoms with Crippen molar-refractivity contribution in [3.63, 3.8) is 0 Å². The predicted molar refractivity (Wildman–Crippen MR) is 119 cm³/mol. The van der Waals surface area contributed by atoms with E-state index in [1.54, 1.807) is 0 Å². The number of hydrogen-bond acceptors (Lipinski definition) is 4. The minimum absolute atomic E-state index is 0.158. The van der Waals surface area contributed by atoms with Gasteiger partial charge >= 0.3 is 6.03 Å². The lowest BCUT2D eigenvalue weighted by atomic mass is 10.1. The Labute approximate surface area is 177 Å². The molecule has 3 aromatic rings. The zero-order chi connectivity index (χ0) is 20.9. The summed E-state index contributed by atoms with van der Waals surface area (Å²) in [6.45, 7) is 6.50. The van der Waals surface area contributed by atoms with Crippen LogP contribution in [0.25, 0.3) is 0 Å². The SMILES string of the molecule is Cc1cc(C)n(Cc2cccc(NC(=O)NC3CCN(c4ccccn4)CC3)c2)n1. The topological polar surface area (TPSA) is 75.1 Å². The van der Waals surface area contributed by atoms with Crippen LogP contribution in [0.2, 0.25) is 0 Å². The number of carbonyl (C=O) groups is 1. The van der Waals surface area contributed by atoms with Crippen molar-refractivity contribution < 1.29 is 4.79 Å². The molecule has 0 bridgehead atoms. The highest BCUT2D eigenvalue weighted by Crippen LogP contribution is 2.18. The summed E-state index contributed by atoms with van der Waals surface area (Å²) < 4.78 is 1.98. The van der Waals surface area contributed by atoms with Gasteiger partial charge in [0.15, 0.2) is 0 Å². The molecule has 1 aliphatic heterocycles. The fourth-order valence-corrected chi connectivity index (χ4v) is 3.90. The van der Waals surface area contributed by atoms with Gasteiger partial charge in [0.2, 0.25) is 0 Å². The molecule has 0 radical (unpaired) electrons. The zero-order valence-electron chi connectivity index (χ0n) is 17.5. The number of rotatable bonds is 5. The number of aromatic nitrogens is 3. The molecular formula is C23H28N6O. The molecule has 0 saturated carbocycles. The van der Waals surface area contributed by atoms with Crippen molar-refractivity contribution in [3.8, 4) is 0 Å². The maximum Gasteiger partial charge on any atom is 0.319 e. The fourth-order valence-electron chi connectivity index (χ4n) is 3.90. The van der Waals surface area contributed by atoms with Crippen LogP contribution in [0.1, 0.15) is 29.8 Å². The summed E-state index contributed by atoms with van der Waals surface area (Å²) in [6, 6.07) is 16.0. The van der Waals surface area contributed by atoms with Gasteiger partial charge in [0.25, 0.3) is 0 Å². The van der Waals surface area contributed by atoms with Gasteiger partial charge in [-0.1, -0.05) is 18.2 Å². The Hall–Kier alpha value is -3.35. The molecule has 7 heteroatoms. The molecule has 1 fully saturated rings. The summed E-state index contributed by atoms with van der Waals surface area (Å²) in [5.74, 6) is 1.000. The third kappa shape index (κ3) is 4.97. The highest BCUT2D eigenvalue weighted by molar-refractivity contribution is 5.89. The van der Waals surface area contributed by atoms with E-state index < -0.39 is 0 Å². The van der Waals surface area contributed by atoms with Crippen molar-refractivity contribution in [2.24, 2.45) is 0 Å². The van der Waals surface area contributed by atoms with E-state index >= 15 is 0 Å². The number of nitrogens with one attached hydrogen (secondary N) is 2. The molecule has 2 N–H and O–H groups in total. The summed E-state index contributed by atoms with van der Waals surface area (Å²) in [7, 11) is 0. The van der Waals surface area contributed by atoms with Crippen LogP contribution in [0.4, 0.5) is 16.3 Å². The molecule has 2 aromatic heterocycles. The number of anilines is 2. The van der Waals surface area contributed by atoms with E-state index in [0.717, 1.165) is 54.4 Å². The molecule has 4 rings (SSSR count). The fraction of sp³-hybridized carbons (Fsp3) is 0.348. The number of aryl methyl sites for hydroxylation is 2. The summed E-state index contributed by atoms with van der Waals surface area (Å²) in [5.41, 5.74) is 4.02. The van der Waals surface area contributed by atoms with Gasteiger partial charge in [-0.25, -0.2) is 9.78 Å². The summed E-state index contributed by atoms with van der Waals surface area (Å²) in [6.07, 6.45) is 3.62. The van der Waals surface area contributed by atoms with Crippen LogP contribution in [0, 0.1) is 13.8 Å². The minimum Gasteiger partial charge on any atom is -0.356 e. The quantitative estimate of drug-likeness (QED) is 0.679. The lowest BCUT2D eigenvalue weighted by Crippen LogP contribution is -2.46. The third-order valence-electron chi connectivity index (χ3n) is 5.42. The van der Waals surface area contributed by atoms with Crippen molar-refractivity contribution >= 4 is 17.5 Å².